The van der Waals surface area contributed by atoms with E-state index in [1.165, 1.54) is 17.5 Å². The van der Waals surface area contributed by atoms with E-state index in [2.05, 4.69) is 9.97 Å². The van der Waals surface area contributed by atoms with Crippen LogP contribution in [0.2, 0.25) is 0 Å². The maximum atomic E-state index is 11.9. The zero-order valence-electron chi connectivity index (χ0n) is 13.7. The van der Waals surface area contributed by atoms with E-state index in [9.17, 15) is 13.2 Å². The van der Waals surface area contributed by atoms with E-state index >= 15 is 0 Å². The third-order valence-corrected chi connectivity index (χ3v) is 5.48. The highest BCUT2D eigenvalue weighted by molar-refractivity contribution is 7.92. The van der Waals surface area contributed by atoms with Gasteiger partial charge in [-0.25, -0.2) is 23.2 Å². The van der Waals surface area contributed by atoms with Gasteiger partial charge in [0.25, 0.3) is 0 Å². The van der Waals surface area contributed by atoms with Crippen molar-refractivity contribution in [3.63, 3.8) is 0 Å². The monoisotopic (exact) mass is 349 g/mol. The minimum Gasteiger partial charge on any atom is -0.478 e. The third kappa shape index (κ3) is 3.88. The molecule has 0 spiro atoms. The predicted molar refractivity (Wildman–Crippen MR) is 90.8 cm³/mol. The standard InChI is InChI=1S/C16H19N3O4S/c1-4-24(22,23)19(3)13-7-5-12(6-8-13)9-15-17-10-14(16(20)21)11(2)18-15/h5-8,10H,4,9H2,1-3H3,(H,20,21). The third-order valence-electron chi connectivity index (χ3n) is 3.70. The van der Waals surface area contributed by atoms with Crippen molar-refractivity contribution in [1.29, 1.82) is 0 Å². The molecule has 0 radical (unpaired) electrons. The highest BCUT2D eigenvalue weighted by Crippen LogP contribution is 2.18. The number of aromatic nitrogens is 2. The number of hydrogen-bond donors (Lipinski definition) is 1. The molecule has 2 aromatic rings. The van der Waals surface area contributed by atoms with Gasteiger partial charge < -0.3 is 5.11 Å². The molecule has 0 bridgehead atoms. The molecule has 24 heavy (non-hydrogen) atoms. The first-order valence-corrected chi connectivity index (χ1v) is 8.97. The lowest BCUT2D eigenvalue weighted by atomic mass is 10.1. The molecule has 2 rings (SSSR count). The van der Waals surface area contributed by atoms with Gasteiger partial charge in [-0.3, -0.25) is 4.31 Å². The van der Waals surface area contributed by atoms with Crippen molar-refractivity contribution < 1.29 is 18.3 Å². The van der Waals surface area contributed by atoms with Crippen LogP contribution in [0.25, 0.3) is 0 Å². The highest BCUT2D eigenvalue weighted by Gasteiger charge is 2.15. The number of carboxylic acids is 1. The molecule has 1 aromatic carbocycles. The van der Waals surface area contributed by atoms with E-state index in [0.29, 0.717) is 23.6 Å². The Morgan fingerprint density at radius 1 is 1.25 bits per heavy atom. The van der Waals surface area contributed by atoms with E-state index in [4.69, 9.17) is 5.11 Å². The molecule has 0 amide bonds. The van der Waals surface area contributed by atoms with Gasteiger partial charge in [-0.15, -0.1) is 0 Å². The molecule has 0 aliphatic heterocycles. The Hall–Kier alpha value is -2.48. The summed E-state index contributed by atoms with van der Waals surface area (Å²) >= 11 is 0. The molecular formula is C16H19N3O4S. The van der Waals surface area contributed by atoms with E-state index in [1.54, 1.807) is 38.1 Å². The number of benzene rings is 1. The molecule has 8 heteroatoms. The topological polar surface area (TPSA) is 100 Å². The molecular weight excluding hydrogens is 330 g/mol. The fraction of sp³-hybridized carbons (Fsp3) is 0.312. The largest absolute Gasteiger partial charge is 0.478 e. The van der Waals surface area contributed by atoms with Crippen molar-refractivity contribution in [2.45, 2.75) is 20.3 Å². The van der Waals surface area contributed by atoms with Crippen LogP contribution in [0.4, 0.5) is 5.69 Å². The molecule has 0 saturated heterocycles. The number of aromatic carboxylic acids is 1. The number of carboxylic acid groups (broad SMARTS) is 1. The summed E-state index contributed by atoms with van der Waals surface area (Å²) in [5.41, 5.74) is 1.99. The van der Waals surface area contributed by atoms with E-state index < -0.39 is 16.0 Å². The van der Waals surface area contributed by atoms with E-state index in [-0.39, 0.29) is 11.3 Å². The first-order valence-electron chi connectivity index (χ1n) is 7.36. The summed E-state index contributed by atoms with van der Waals surface area (Å²) in [7, 11) is -1.77. The average molecular weight is 349 g/mol. The Morgan fingerprint density at radius 2 is 1.88 bits per heavy atom. The molecule has 0 unspecified atom stereocenters. The Bertz CT molecular complexity index is 848. The molecule has 0 fully saturated rings. The van der Waals surface area contributed by atoms with Gasteiger partial charge in [0.15, 0.2) is 0 Å². The molecule has 0 saturated carbocycles. The zero-order chi connectivity index (χ0) is 17.9. The van der Waals surface area contributed by atoms with Crippen LogP contribution in [-0.4, -0.2) is 42.3 Å². The van der Waals surface area contributed by atoms with Crippen molar-refractivity contribution in [2.75, 3.05) is 17.1 Å². The van der Waals surface area contributed by atoms with Gasteiger partial charge in [-0.1, -0.05) is 12.1 Å². The number of nitrogens with zero attached hydrogens (tertiary/aromatic N) is 3. The van der Waals surface area contributed by atoms with Gasteiger partial charge in [0.05, 0.1) is 22.7 Å². The lowest BCUT2D eigenvalue weighted by molar-refractivity contribution is 0.0695. The van der Waals surface area contributed by atoms with Crippen LogP contribution in [0, 0.1) is 6.92 Å². The predicted octanol–water partition coefficient (Wildman–Crippen LogP) is 1.86. The number of anilines is 1. The Morgan fingerprint density at radius 3 is 2.38 bits per heavy atom. The van der Waals surface area contributed by atoms with Crippen LogP contribution in [0.3, 0.4) is 0 Å². The van der Waals surface area contributed by atoms with E-state index in [1.807, 2.05) is 0 Å². The van der Waals surface area contributed by atoms with Crippen molar-refractivity contribution >= 4 is 21.7 Å². The summed E-state index contributed by atoms with van der Waals surface area (Å²) in [6.45, 7) is 3.23. The summed E-state index contributed by atoms with van der Waals surface area (Å²) in [6.07, 6.45) is 1.74. The second-order valence-corrected chi connectivity index (χ2v) is 7.59. The van der Waals surface area contributed by atoms with Crippen LogP contribution in [-0.2, 0) is 16.4 Å². The summed E-state index contributed by atoms with van der Waals surface area (Å²) in [4.78, 5) is 19.2. The first-order chi connectivity index (χ1) is 11.2. The second kappa shape index (κ2) is 6.96. The first kappa shape index (κ1) is 17.9. The Kier molecular flexibility index (Phi) is 5.18. The molecule has 1 heterocycles. The lowest BCUT2D eigenvalue weighted by Gasteiger charge is -2.18. The number of aryl methyl sites for hydroxylation is 1. The average Bonchev–Trinajstić information content (AvgIpc) is 2.54. The minimum atomic E-state index is -3.29. The summed E-state index contributed by atoms with van der Waals surface area (Å²) in [5.74, 6) is -0.503. The fourth-order valence-corrected chi connectivity index (χ4v) is 3.00. The number of rotatable bonds is 6. The smallest absolute Gasteiger partial charge is 0.339 e. The molecule has 7 nitrogen and oxygen atoms in total. The van der Waals surface area contributed by atoms with E-state index in [0.717, 1.165) is 5.56 Å². The molecule has 1 N–H and O–H groups in total. The summed E-state index contributed by atoms with van der Waals surface area (Å²) in [5, 5.41) is 8.98. The van der Waals surface area contributed by atoms with Gasteiger partial charge >= 0.3 is 5.97 Å². The molecule has 1 aromatic heterocycles. The Balaban J connectivity index is 2.18. The van der Waals surface area contributed by atoms with Crippen molar-refractivity contribution in [2.24, 2.45) is 0 Å². The number of carbonyl (C=O) groups is 1. The van der Waals surface area contributed by atoms with Crippen molar-refractivity contribution in [3.05, 3.63) is 53.1 Å². The van der Waals surface area contributed by atoms with Crippen LogP contribution < -0.4 is 4.31 Å². The van der Waals surface area contributed by atoms with Crippen LogP contribution in [0.15, 0.2) is 30.5 Å². The van der Waals surface area contributed by atoms with Crippen LogP contribution >= 0.6 is 0 Å². The fourth-order valence-electron chi connectivity index (χ4n) is 2.17. The summed E-state index contributed by atoms with van der Waals surface area (Å²) < 4.78 is 25.0. The van der Waals surface area contributed by atoms with Gasteiger partial charge in [-0.2, -0.15) is 0 Å². The second-order valence-electron chi connectivity index (χ2n) is 5.30. The molecule has 0 atom stereocenters. The van der Waals surface area contributed by atoms with Crippen LogP contribution in [0.1, 0.15) is 34.4 Å². The molecule has 0 aliphatic carbocycles. The van der Waals surface area contributed by atoms with Crippen molar-refractivity contribution in [1.82, 2.24) is 9.97 Å². The van der Waals surface area contributed by atoms with Gasteiger partial charge in [0.1, 0.15) is 5.82 Å². The lowest BCUT2D eigenvalue weighted by Crippen LogP contribution is -2.27. The number of sulfonamides is 1. The van der Waals surface area contributed by atoms with Gasteiger partial charge in [-0.05, 0) is 31.5 Å². The Labute approximate surface area is 141 Å². The van der Waals surface area contributed by atoms with Gasteiger partial charge in [0.2, 0.25) is 10.0 Å². The van der Waals surface area contributed by atoms with Crippen molar-refractivity contribution in [3.8, 4) is 0 Å². The quantitative estimate of drug-likeness (QED) is 0.854. The zero-order valence-corrected chi connectivity index (χ0v) is 14.5. The summed E-state index contributed by atoms with van der Waals surface area (Å²) in [6, 6.07) is 7.06. The molecule has 0 aliphatic rings. The highest BCUT2D eigenvalue weighted by atomic mass is 32.2. The van der Waals surface area contributed by atoms with Crippen LogP contribution in [0.5, 0.6) is 0 Å². The van der Waals surface area contributed by atoms with Gasteiger partial charge in [0, 0.05) is 19.7 Å². The maximum absolute atomic E-state index is 11.9. The minimum absolute atomic E-state index is 0.0360. The SMILES string of the molecule is CCS(=O)(=O)N(C)c1ccc(Cc2ncc(C(=O)O)c(C)n2)cc1. The molecule has 128 valence electrons. The number of hydrogen-bond acceptors (Lipinski definition) is 5. The normalized spacial score (nSPS) is 11.3. The maximum Gasteiger partial charge on any atom is 0.339 e.